The number of pyridine rings is 1. The first-order valence-corrected chi connectivity index (χ1v) is 3.86. The molecule has 0 aliphatic carbocycles. The maximum absolute atomic E-state index is 13.0. The van der Waals surface area contributed by atoms with Gasteiger partial charge in [-0.05, 0) is 6.07 Å². The molecule has 0 spiro atoms. The van der Waals surface area contributed by atoms with Crippen LogP contribution in [0, 0.1) is 11.8 Å². The minimum atomic E-state index is -1.28. The Morgan fingerprint density at radius 1 is 1.64 bits per heavy atom. The Morgan fingerprint density at radius 2 is 2.36 bits per heavy atom. The van der Waals surface area contributed by atoms with Crippen LogP contribution in [-0.4, -0.2) is 17.4 Å². The zero-order valence-corrected chi connectivity index (χ0v) is 7.26. The molecule has 0 bridgehead atoms. The first-order chi connectivity index (χ1) is 6.66. The van der Waals surface area contributed by atoms with Gasteiger partial charge in [0.15, 0.2) is 5.82 Å². The summed E-state index contributed by atoms with van der Waals surface area (Å²) in [6.45, 7) is 3.57. The van der Waals surface area contributed by atoms with Gasteiger partial charge in [-0.2, -0.15) is 4.39 Å². The van der Waals surface area contributed by atoms with Crippen molar-refractivity contribution < 1.29 is 13.6 Å². The minimum absolute atomic E-state index is 0.197. The van der Waals surface area contributed by atoms with Crippen LogP contribution in [0.25, 0.3) is 0 Å². The first-order valence-electron chi connectivity index (χ1n) is 3.86. The van der Waals surface area contributed by atoms with Crippen molar-refractivity contribution in [3.05, 3.63) is 42.2 Å². The summed E-state index contributed by atoms with van der Waals surface area (Å²) in [5.74, 6) is -3.21. The number of nitrogens with one attached hydrogen (secondary N) is 1. The van der Waals surface area contributed by atoms with Gasteiger partial charge in [0, 0.05) is 12.7 Å². The summed E-state index contributed by atoms with van der Waals surface area (Å²) in [6, 6.07) is 1.11. The van der Waals surface area contributed by atoms with Crippen molar-refractivity contribution in [2.45, 2.75) is 0 Å². The molecule has 1 rings (SSSR count). The molecule has 0 aromatic carbocycles. The van der Waals surface area contributed by atoms with Crippen molar-refractivity contribution >= 4 is 5.91 Å². The molecule has 1 aromatic rings. The van der Waals surface area contributed by atoms with E-state index < -0.39 is 17.7 Å². The summed E-state index contributed by atoms with van der Waals surface area (Å²) in [4.78, 5) is 14.2. The third-order valence-electron chi connectivity index (χ3n) is 1.50. The molecule has 1 aromatic heterocycles. The van der Waals surface area contributed by atoms with E-state index in [1.807, 2.05) is 0 Å². The van der Waals surface area contributed by atoms with E-state index in [1.165, 1.54) is 6.08 Å². The van der Waals surface area contributed by atoms with Crippen molar-refractivity contribution in [2.75, 3.05) is 6.54 Å². The number of carbonyl (C=O) groups excluding carboxylic acids is 1. The van der Waals surface area contributed by atoms with Gasteiger partial charge in [-0.3, -0.25) is 4.79 Å². The largest absolute Gasteiger partial charge is 0.348 e. The highest BCUT2D eigenvalue weighted by molar-refractivity contribution is 5.94. The van der Waals surface area contributed by atoms with Crippen LogP contribution in [0.2, 0.25) is 0 Å². The van der Waals surface area contributed by atoms with E-state index in [4.69, 9.17) is 0 Å². The second-order valence-electron chi connectivity index (χ2n) is 2.46. The topological polar surface area (TPSA) is 42.0 Å². The molecule has 1 N–H and O–H groups in total. The van der Waals surface area contributed by atoms with Gasteiger partial charge in [0.25, 0.3) is 5.91 Å². The fourth-order valence-corrected chi connectivity index (χ4v) is 0.854. The molecule has 0 unspecified atom stereocenters. The second-order valence-corrected chi connectivity index (χ2v) is 2.46. The van der Waals surface area contributed by atoms with Crippen LogP contribution >= 0.6 is 0 Å². The molecule has 74 valence electrons. The molecule has 3 nitrogen and oxygen atoms in total. The zero-order chi connectivity index (χ0) is 10.6. The average Bonchev–Trinajstić information content (AvgIpc) is 2.18. The Morgan fingerprint density at radius 3 is 3.00 bits per heavy atom. The summed E-state index contributed by atoms with van der Waals surface area (Å²) in [5.41, 5.74) is -0.362. The van der Waals surface area contributed by atoms with Gasteiger partial charge >= 0.3 is 0 Å². The summed E-state index contributed by atoms with van der Waals surface area (Å²) in [6.07, 6.45) is 2.47. The standard InChI is InChI=1S/C9H8F2N2O/c1-2-4-13-9(14)6-3-5-12-8(11)7(6)10/h2-3,5H,1,4H2,(H,13,14). The molecule has 0 saturated heterocycles. The summed E-state index contributed by atoms with van der Waals surface area (Å²) < 4.78 is 25.5. The van der Waals surface area contributed by atoms with Crippen molar-refractivity contribution in [1.82, 2.24) is 10.3 Å². The zero-order valence-electron chi connectivity index (χ0n) is 7.26. The lowest BCUT2D eigenvalue weighted by molar-refractivity contribution is 0.0952. The molecule has 5 heteroatoms. The van der Waals surface area contributed by atoms with Crippen LogP contribution in [0.3, 0.4) is 0 Å². The van der Waals surface area contributed by atoms with Crippen LogP contribution in [0.4, 0.5) is 8.78 Å². The fraction of sp³-hybridized carbons (Fsp3) is 0.111. The van der Waals surface area contributed by atoms with Crippen LogP contribution in [0.15, 0.2) is 24.9 Å². The van der Waals surface area contributed by atoms with E-state index >= 15 is 0 Å². The minimum Gasteiger partial charge on any atom is -0.348 e. The van der Waals surface area contributed by atoms with Crippen molar-refractivity contribution in [1.29, 1.82) is 0 Å². The van der Waals surface area contributed by atoms with Crippen LogP contribution in [0.1, 0.15) is 10.4 Å². The second kappa shape index (κ2) is 4.45. The molecular formula is C9H8F2N2O. The van der Waals surface area contributed by atoms with Gasteiger partial charge in [0.05, 0.1) is 5.56 Å². The smallest absolute Gasteiger partial charge is 0.254 e. The highest BCUT2D eigenvalue weighted by atomic mass is 19.2. The van der Waals surface area contributed by atoms with Gasteiger partial charge in [-0.15, -0.1) is 6.58 Å². The van der Waals surface area contributed by atoms with Crippen LogP contribution in [-0.2, 0) is 0 Å². The SMILES string of the molecule is C=CCNC(=O)c1ccnc(F)c1F. The highest BCUT2D eigenvalue weighted by Gasteiger charge is 2.14. The summed E-state index contributed by atoms with van der Waals surface area (Å²) in [7, 11) is 0. The fourth-order valence-electron chi connectivity index (χ4n) is 0.854. The van der Waals surface area contributed by atoms with Gasteiger partial charge < -0.3 is 5.32 Å². The number of nitrogens with zero attached hydrogens (tertiary/aromatic N) is 1. The third-order valence-corrected chi connectivity index (χ3v) is 1.50. The molecule has 0 fully saturated rings. The first kappa shape index (κ1) is 10.3. The van der Waals surface area contributed by atoms with Crippen LogP contribution in [0.5, 0.6) is 0 Å². The van der Waals surface area contributed by atoms with E-state index in [9.17, 15) is 13.6 Å². The number of halogens is 2. The van der Waals surface area contributed by atoms with Crippen molar-refractivity contribution in [3.63, 3.8) is 0 Å². The number of hydrogen-bond acceptors (Lipinski definition) is 2. The monoisotopic (exact) mass is 198 g/mol. The van der Waals surface area contributed by atoms with E-state index in [-0.39, 0.29) is 12.1 Å². The predicted octanol–water partition coefficient (Wildman–Crippen LogP) is 1.28. The maximum atomic E-state index is 13.0. The van der Waals surface area contributed by atoms with Gasteiger partial charge in [-0.1, -0.05) is 6.08 Å². The molecule has 14 heavy (non-hydrogen) atoms. The molecule has 0 aliphatic heterocycles. The lowest BCUT2D eigenvalue weighted by Gasteiger charge is -2.02. The van der Waals surface area contributed by atoms with E-state index in [0.717, 1.165) is 12.3 Å². The Kier molecular flexibility index (Phi) is 3.28. The van der Waals surface area contributed by atoms with Crippen LogP contribution < -0.4 is 5.32 Å². The predicted molar refractivity (Wildman–Crippen MR) is 46.7 cm³/mol. The number of amides is 1. The summed E-state index contributed by atoms with van der Waals surface area (Å²) in [5, 5.41) is 2.33. The average molecular weight is 198 g/mol. The van der Waals surface area contributed by atoms with E-state index in [0.29, 0.717) is 0 Å². The van der Waals surface area contributed by atoms with E-state index in [2.05, 4.69) is 16.9 Å². The van der Waals surface area contributed by atoms with E-state index in [1.54, 1.807) is 0 Å². The molecule has 0 aliphatic rings. The van der Waals surface area contributed by atoms with Gasteiger partial charge in [0.2, 0.25) is 5.95 Å². The van der Waals surface area contributed by atoms with Crippen molar-refractivity contribution in [2.24, 2.45) is 0 Å². The number of hydrogen-bond donors (Lipinski definition) is 1. The Bertz CT molecular complexity index is 366. The number of aromatic nitrogens is 1. The lowest BCUT2D eigenvalue weighted by Crippen LogP contribution is -2.24. The Labute approximate surface area is 79.5 Å². The lowest BCUT2D eigenvalue weighted by atomic mass is 10.2. The normalized spacial score (nSPS) is 9.57. The molecule has 0 atom stereocenters. The molecule has 0 radical (unpaired) electrons. The van der Waals surface area contributed by atoms with Crippen molar-refractivity contribution in [3.8, 4) is 0 Å². The molecule has 1 amide bonds. The Balaban J connectivity index is 2.89. The number of carbonyl (C=O) groups is 1. The number of rotatable bonds is 3. The molecular weight excluding hydrogens is 190 g/mol. The van der Waals surface area contributed by atoms with Gasteiger partial charge in [-0.25, -0.2) is 9.37 Å². The highest BCUT2D eigenvalue weighted by Crippen LogP contribution is 2.08. The maximum Gasteiger partial charge on any atom is 0.254 e. The molecule has 0 saturated carbocycles. The summed E-state index contributed by atoms with van der Waals surface area (Å²) >= 11 is 0. The third kappa shape index (κ3) is 2.12. The Hall–Kier alpha value is -1.78. The van der Waals surface area contributed by atoms with Gasteiger partial charge in [0.1, 0.15) is 0 Å². The molecule has 1 heterocycles. The quantitative estimate of drug-likeness (QED) is 0.587.